The van der Waals surface area contributed by atoms with Crippen LogP contribution in [0.2, 0.25) is 0 Å². The lowest BCUT2D eigenvalue weighted by atomic mass is 10.3. The first-order valence-electron chi connectivity index (χ1n) is 5.02. The first-order valence-corrected chi connectivity index (χ1v) is 6.41. The predicted octanol–water partition coefficient (Wildman–Crippen LogP) is 0.597. The van der Waals surface area contributed by atoms with E-state index in [-0.39, 0.29) is 16.8 Å². The van der Waals surface area contributed by atoms with Crippen molar-refractivity contribution in [3.63, 3.8) is 0 Å². The number of nitrogens with two attached hydrogens (primary N) is 2. The number of aromatic nitrogens is 2. The Morgan fingerprint density at radius 2 is 2.33 bits per heavy atom. The molecule has 0 atom stereocenters. The molecule has 0 saturated heterocycles. The molecule has 2 aromatic rings. The van der Waals surface area contributed by atoms with Gasteiger partial charge in [0.2, 0.25) is 5.91 Å². The molecule has 0 aliphatic heterocycles. The van der Waals surface area contributed by atoms with Gasteiger partial charge < -0.3 is 21.8 Å². The summed E-state index contributed by atoms with van der Waals surface area (Å²) in [5.74, 6) is -0.0698. The van der Waals surface area contributed by atoms with Gasteiger partial charge in [0.05, 0.1) is 16.8 Å². The summed E-state index contributed by atoms with van der Waals surface area (Å²) >= 11 is 5.84. The molecular formula is C10H11N5OS2. The van der Waals surface area contributed by atoms with Crippen LogP contribution in [0.15, 0.2) is 23.4 Å². The molecule has 0 spiro atoms. The highest BCUT2D eigenvalue weighted by Crippen LogP contribution is 2.20. The molecule has 0 bridgehead atoms. The van der Waals surface area contributed by atoms with Crippen LogP contribution < -0.4 is 16.8 Å². The van der Waals surface area contributed by atoms with Crippen LogP contribution in [-0.4, -0.2) is 26.7 Å². The first kappa shape index (κ1) is 12.7. The quantitative estimate of drug-likeness (QED) is 0.372. The molecule has 8 heteroatoms. The monoisotopic (exact) mass is 281 g/mol. The van der Waals surface area contributed by atoms with Gasteiger partial charge in [-0.2, -0.15) is 0 Å². The fourth-order valence-corrected chi connectivity index (χ4v) is 2.18. The molecule has 2 rings (SSSR count). The summed E-state index contributed by atoms with van der Waals surface area (Å²) in [7, 11) is 0. The van der Waals surface area contributed by atoms with Crippen LogP contribution in [0.4, 0.5) is 5.69 Å². The summed E-state index contributed by atoms with van der Waals surface area (Å²) in [4.78, 5) is 18.7. The minimum absolute atomic E-state index is 0.0296. The van der Waals surface area contributed by atoms with Crippen LogP contribution in [0.25, 0.3) is 11.0 Å². The zero-order chi connectivity index (χ0) is 13.1. The summed E-state index contributed by atoms with van der Waals surface area (Å²) in [6, 6.07) is 5.39. The Morgan fingerprint density at radius 3 is 3.06 bits per heavy atom. The number of carbonyl (C=O) groups is 1. The molecule has 18 heavy (non-hydrogen) atoms. The van der Waals surface area contributed by atoms with E-state index in [4.69, 9.17) is 11.5 Å². The number of H-pyrrole nitrogens is 1. The van der Waals surface area contributed by atoms with Crippen LogP contribution in [0, 0.1) is 0 Å². The molecule has 1 aromatic carbocycles. The number of carbonyl (C=O) groups excluding carboxylic acids is 1. The lowest BCUT2D eigenvalue weighted by Crippen LogP contribution is -2.35. The van der Waals surface area contributed by atoms with Crippen molar-refractivity contribution in [3.8, 4) is 0 Å². The molecule has 0 saturated carbocycles. The number of anilines is 1. The molecule has 94 valence electrons. The number of thioether (sulfide) groups is 1. The number of rotatable bonds is 3. The second-order valence-corrected chi connectivity index (χ2v) is 4.92. The van der Waals surface area contributed by atoms with E-state index in [9.17, 15) is 4.79 Å². The van der Waals surface area contributed by atoms with E-state index < -0.39 is 0 Å². The summed E-state index contributed by atoms with van der Waals surface area (Å²) in [5.41, 5.74) is 13.2. The van der Waals surface area contributed by atoms with E-state index in [1.165, 1.54) is 11.8 Å². The van der Waals surface area contributed by atoms with E-state index in [1.54, 1.807) is 12.1 Å². The van der Waals surface area contributed by atoms with Crippen molar-refractivity contribution in [3.05, 3.63) is 18.2 Å². The molecule has 0 aliphatic carbocycles. The molecule has 1 aromatic heterocycles. The number of amides is 1. The van der Waals surface area contributed by atoms with Crippen molar-refractivity contribution < 1.29 is 4.79 Å². The summed E-state index contributed by atoms with van der Waals surface area (Å²) < 4.78 is 0. The van der Waals surface area contributed by atoms with Crippen LogP contribution in [0.3, 0.4) is 0 Å². The van der Waals surface area contributed by atoms with Crippen molar-refractivity contribution in [2.75, 3.05) is 11.5 Å². The second kappa shape index (κ2) is 5.23. The van der Waals surface area contributed by atoms with Crippen LogP contribution in [0.5, 0.6) is 0 Å². The molecule has 0 fully saturated rings. The standard InChI is InChI=1S/C10H11N5OS2/c11-5-1-2-6-7(3-5)14-10(13-6)18-4-8(16)15-9(12)17/h1-3H,4,11H2,(H,13,14)(H3,12,15,16,17). The molecule has 0 radical (unpaired) electrons. The number of imidazole rings is 1. The number of nitrogens with zero attached hydrogens (tertiary/aromatic N) is 1. The van der Waals surface area contributed by atoms with Crippen LogP contribution >= 0.6 is 24.0 Å². The molecule has 1 amide bonds. The highest BCUT2D eigenvalue weighted by molar-refractivity contribution is 7.99. The van der Waals surface area contributed by atoms with Gasteiger partial charge in [0.15, 0.2) is 10.3 Å². The van der Waals surface area contributed by atoms with E-state index in [0.29, 0.717) is 10.8 Å². The van der Waals surface area contributed by atoms with Crippen molar-refractivity contribution in [2.24, 2.45) is 5.73 Å². The molecule has 0 unspecified atom stereocenters. The minimum atomic E-state index is -0.257. The largest absolute Gasteiger partial charge is 0.399 e. The Morgan fingerprint density at radius 1 is 1.56 bits per heavy atom. The van der Waals surface area contributed by atoms with E-state index in [0.717, 1.165) is 11.0 Å². The van der Waals surface area contributed by atoms with Gasteiger partial charge in [-0.3, -0.25) is 4.79 Å². The lowest BCUT2D eigenvalue weighted by molar-refractivity contribution is -0.117. The van der Waals surface area contributed by atoms with Gasteiger partial charge in [-0.25, -0.2) is 4.98 Å². The fraction of sp³-hybridized carbons (Fsp3) is 0.100. The van der Waals surface area contributed by atoms with Gasteiger partial charge in [-0.15, -0.1) is 0 Å². The fourth-order valence-electron chi connectivity index (χ4n) is 1.38. The summed E-state index contributed by atoms with van der Waals surface area (Å²) in [6.45, 7) is 0. The van der Waals surface area contributed by atoms with Crippen molar-refractivity contribution in [2.45, 2.75) is 5.16 Å². The Bertz CT molecular complexity index is 609. The zero-order valence-corrected chi connectivity index (χ0v) is 10.9. The number of nitrogen functional groups attached to an aromatic ring is 1. The maximum absolute atomic E-state index is 11.3. The van der Waals surface area contributed by atoms with Gasteiger partial charge in [0.25, 0.3) is 0 Å². The molecule has 6 N–H and O–H groups in total. The molecular weight excluding hydrogens is 270 g/mol. The van der Waals surface area contributed by atoms with Crippen LogP contribution in [0.1, 0.15) is 0 Å². The summed E-state index contributed by atoms with van der Waals surface area (Å²) in [5, 5.41) is 2.96. The minimum Gasteiger partial charge on any atom is -0.399 e. The van der Waals surface area contributed by atoms with E-state index in [2.05, 4.69) is 27.5 Å². The van der Waals surface area contributed by atoms with Gasteiger partial charge >= 0.3 is 0 Å². The average Bonchev–Trinajstić information content (AvgIpc) is 2.67. The summed E-state index contributed by atoms with van der Waals surface area (Å²) in [6.07, 6.45) is 0. The van der Waals surface area contributed by atoms with Gasteiger partial charge in [-0.05, 0) is 30.4 Å². The van der Waals surface area contributed by atoms with Crippen molar-refractivity contribution in [1.29, 1.82) is 0 Å². The third-order valence-electron chi connectivity index (χ3n) is 2.09. The Hall–Kier alpha value is -1.80. The zero-order valence-electron chi connectivity index (χ0n) is 9.27. The molecule has 6 nitrogen and oxygen atoms in total. The SMILES string of the molecule is NC(=S)NC(=O)CSc1nc2ccc(N)cc2[nH]1. The maximum Gasteiger partial charge on any atom is 0.236 e. The first-order chi connectivity index (χ1) is 8.54. The van der Waals surface area contributed by atoms with E-state index in [1.807, 2.05) is 6.07 Å². The van der Waals surface area contributed by atoms with Crippen molar-refractivity contribution >= 4 is 51.7 Å². The average molecular weight is 281 g/mol. The number of benzene rings is 1. The third-order valence-corrected chi connectivity index (χ3v) is 3.06. The Labute approximate surface area is 113 Å². The number of hydrogen-bond donors (Lipinski definition) is 4. The third kappa shape index (κ3) is 3.11. The van der Waals surface area contributed by atoms with Crippen LogP contribution in [-0.2, 0) is 4.79 Å². The van der Waals surface area contributed by atoms with Gasteiger partial charge in [0.1, 0.15) is 0 Å². The maximum atomic E-state index is 11.3. The van der Waals surface area contributed by atoms with Gasteiger partial charge in [0, 0.05) is 5.69 Å². The predicted molar refractivity (Wildman–Crippen MR) is 76.2 cm³/mol. The molecule has 1 heterocycles. The smallest absolute Gasteiger partial charge is 0.236 e. The topological polar surface area (TPSA) is 110 Å². The number of thiocarbonyl (C=S) groups is 1. The lowest BCUT2D eigenvalue weighted by Gasteiger charge is -1.99. The Balaban J connectivity index is 2.04. The highest BCUT2D eigenvalue weighted by atomic mass is 32.2. The second-order valence-electron chi connectivity index (χ2n) is 3.52. The normalized spacial score (nSPS) is 10.4. The molecule has 0 aliphatic rings. The highest BCUT2D eigenvalue weighted by Gasteiger charge is 2.07. The number of fused-ring (bicyclic) bond motifs is 1. The number of nitrogens with one attached hydrogen (secondary N) is 2. The van der Waals surface area contributed by atoms with Gasteiger partial charge in [-0.1, -0.05) is 11.8 Å². The van der Waals surface area contributed by atoms with Crippen molar-refractivity contribution in [1.82, 2.24) is 15.3 Å². The Kier molecular flexibility index (Phi) is 3.68. The van der Waals surface area contributed by atoms with E-state index >= 15 is 0 Å². The number of hydrogen-bond acceptors (Lipinski definition) is 5. The number of aromatic amines is 1.